The summed E-state index contributed by atoms with van der Waals surface area (Å²) in [5.74, 6) is -1.21. The summed E-state index contributed by atoms with van der Waals surface area (Å²) in [5, 5.41) is 2.96. The third kappa shape index (κ3) is 6.24. The number of benzene rings is 1. The van der Waals surface area contributed by atoms with Crippen LogP contribution in [0, 0.1) is 11.8 Å². The number of hydrogen-bond acceptors (Lipinski definition) is 4. The molecular weight excluding hydrogens is 436 g/mol. The van der Waals surface area contributed by atoms with Crippen molar-refractivity contribution in [3.63, 3.8) is 0 Å². The van der Waals surface area contributed by atoms with Crippen LogP contribution in [0.15, 0.2) is 42.6 Å². The molecule has 5 nitrogen and oxygen atoms in total. The van der Waals surface area contributed by atoms with Crippen LogP contribution in [0.25, 0.3) is 0 Å². The van der Waals surface area contributed by atoms with E-state index >= 15 is 0 Å². The van der Waals surface area contributed by atoms with Crippen molar-refractivity contribution in [3.8, 4) is 5.75 Å². The summed E-state index contributed by atoms with van der Waals surface area (Å²) >= 11 is 0. The maximum atomic E-state index is 13.0. The van der Waals surface area contributed by atoms with Gasteiger partial charge in [-0.15, -0.1) is 0 Å². The molecule has 1 aliphatic heterocycles. The molecule has 2 aliphatic rings. The lowest BCUT2D eigenvalue weighted by Crippen LogP contribution is -2.28. The predicted octanol–water partition coefficient (Wildman–Crippen LogP) is 5.20. The molecule has 2 unspecified atom stereocenters. The van der Waals surface area contributed by atoms with Crippen molar-refractivity contribution in [2.24, 2.45) is 11.8 Å². The Morgan fingerprint density at radius 2 is 2.03 bits per heavy atom. The van der Waals surface area contributed by atoms with Crippen LogP contribution < -0.4 is 15.0 Å². The number of pyridine rings is 1. The van der Waals surface area contributed by atoms with E-state index in [2.05, 4.69) is 46.4 Å². The maximum Gasteiger partial charge on any atom is 0.255 e. The number of anilines is 1. The topological polar surface area (TPSA) is 54.5 Å². The van der Waals surface area contributed by atoms with Gasteiger partial charge in [-0.05, 0) is 61.8 Å². The number of carbonyl (C=O) groups excluding carboxylic acids is 1. The van der Waals surface area contributed by atoms with Gasteiger partial charge in [0.05, 0.1) is 24.6 Å². The van der Waals surface area contributed by atoms with Crippen molar-refractivity contribution in [2.45, 2.75) is 57.8 Å². The van der Waals surface area contributed by atoms with E-state index in [9.17, 15) is 13.6 Å². The number of halogens is 2. The van der Waals surface area contributed by atoms with Gasteiger partial charge in [0.25, 0.3) is 5.92 Å². The Hall–Kier alpha value is -2.70. The molecule has 3 atom stereocenters. The van der Waals surface area contributed by atoms with Gasteiger partial charge in [-0.25, -0.2) is 13.8 Å². The lowest BCUT2D eigenvalue weighted by atomic mass is 9.95. The van der Waals surface area contributed by atoms with Crippen LogP contribution in [-0.4, -0.2) is 43.1 Å². The summed E-state index contributed by atoms with van der Waals surface area (Å²) in [4.78, 5) is 19.0. The molecule has 0 radical (unpaired) electrons. The lowest BCUT2D eigenvalue weighted by molar-refractivity contribution is -0.122. The largest absolute Gasteiger partial charge is 0.491 e. The molecule has 2 aromatic rings. The molecule has 1 aromatic heterocycles. The van der Waals surface area contributed by atoms with Crippen LogP contribution >= 0.6 is 0 Å². The van der Waals surface area contributed by atoms with E-state index in [1.54, 1.807) is 6.20 Å². The number of hydrogen-bond donors (Lipinski definition) is 1. The number of rotatable bonds is 11. The molecule has 2 fully saturated rings. The Balaban J connectivity index is 1.20. The van der Waals surface area contributed by atoms with Gasteiger partial charge in [-0.1, -0.05) is 31.2 Å². The normalized spacial score (nSPS) is 21.8. The molecule has 0 bridgehead atoms. The van der Waals surface area contributed by atoms with Gasteiger partial charge in [0.1, 0.15) is 11.6 Å². The van der Waals surface area contributed by atoms with Crippen molar-refractivity contribution >= 4 is 11.7 Å². The van der Waals surface area contributed by atoms with Gasteiger partial charge in [-0.2, -0.15) is 0 Å². The molecule has 1 saturated carbocycles. The van der Waals surface area contributed by atoms with Crippen LogP contribution in [0.4, 0.5) is 14.6 Å². The number of nitrogens with zero attached hydrogens (tertiary/aromatic N) is 2. The first-order chi connectivity index (χ1) is 16.4. The lowest BCUT2D eigenvalue weighted by Gasteiger charge is -2.18. The maximum absolute atomic E-state index is 13.0. The number of alkyl halides is 2. The summed E-state index contributed by atoms with van der Waals surface area (Å²) in [6.45, 7) is 6.70. The second-order valence-corrected chi connectivity index (χ2v) is 9.72. The third-order valence-electron chi connectivity index (χ3n) is 7.00. The van der Waals surface area contributed by atoms with E-state index in [1.165, 1.54) is 5.56 Å². The number of amides is 1. The highest BCUT2D eigenvalue weighted by Gasteiger charge is 2.57. The second-order valence-electron chi connectivity index (χ2n) is 9.72. The zero-order valence-corrected chi connectivity index (χ0v) is 20.1. The molecule has 1 aromatic carbocycles. The van der Waals surface area contributed by atoms with Crippen molar-refractivity contribution < 1.29 is 18.3 Å². The zero-order chi connectivity index (χ0) is 24.1. The molecule has 34 heavy (non-hydrogen) atoms. The van der Waals surface area contributed by atoms with Crippen molar-refractivity contribution in [1.29, 1.82) is 0 Å². The minimum absolute atomic E-state index is 0.0474. The summed E-state index contributed by atoms with van der Waals surface area (Å²) < 4.78 is 31.4. The fourth-order valence-electron chi connectivity index (χ4n) is 4.46. The molecule has 1 saturated heterocycles. The van der Waals surface area contributed by atoms with Crippen LogP contribution in [-0.2, 0) is 11.2 Å². The highest BCUT2D eigenvalue weighted by Crippen LogP contribution is 2.48. The summed E-state index contributed by atoms with van der Waals surface area (Å²) in [5.41, 5.74) is 2.35. The Morgan fingerprint density at radius 1 is 1.26 bits per heavy atom. The van der Waals surface area contributed by atoms with E-state index in [0.29, 0.717) is 11.7 Å². The van der Waals surface area contributed by atoms with Crippen molar-refractivity contribution in [3.05, 3.63) is 53.7 Å². The first-order valence-electron chi connectivity index (χ1n) is 12.4. The standard InChI is InChI=1S/C27H35F2N3O2/c1-3-13-30-26(33)19(2)22-8-6-20(7-9-22)4-5-21-12-14-32(17-21)25-11-10-24(16-31-25)34-18-23-15-27(23,28)29/h6-11,16,19,21,23H,3-5,12-15,17-18H2,1-2H3,(H,30,33)/t19?,21-,23?/m1/s1. The number of carbonyl (C=O) groups is 1. The number of nitrogens with one attached hydrogen (secondary N) is 1. The summed E-state index contributed by atoms with van der Waals surface area (Å²) in [6.07, 6.45) is 5.75. The molecule has 1 amide bonds. The van der Waals surface area contributed by atoms with Crippen LogP contribution in [0.2, 0.25) is 0 Å². The molecule has 2 heterocycles. The van der Waals surface area contributed by atoms with Gasteiger partial charge in [0.15, 0.2) is 0 Å². The molecular formula is C27H35F2N3O2. The van der Waals surface area contributed by atoms with Crippen LogP contribution in [0.3, 0.4) is 0 Å². The van der Waals surface area contributed by atoms with Gasteiger partial charge in [-0.3, -0.25) is 4.79 Å². The van der Waals surface area contributed by atoms with Crippen LogP contribution in [0.5, 0.6) is 5.75 Å². The quantitative estimate of drug-likeness (QED) is 0.489. The first kappa shape index (κ1) is 24.4. The van der Waals surface area contributed by atoms with Crippen molar-refractivity contribution in [2.75, 3.05) is 31.1 Å². The first-order valence-corrected chi connectivity index (χ1v) is 12.4. The highest BCUT2D eigenvalue weighted by molar-refractivity contribution is 5.83. The van der Waals surface area contributed by atoms with Gasteiger partial charge in [0.2, 0.25) is 5.91 Å². The van der Waals surface area contributed by atoms with E-state index < -0.39 is 11.8 Å². The van der Waals surface area contributed by atoms with Crippen LogP contribution in [0.1, 0.15) is 56.6 Å². The number of aryl methyl sites for hydroxylation is 1. The Bertz CT molecular complexity index is 949. The molecule has 4 rings (SSSR count). The molecule has 1 aliphatic carbocycles. The minimum Gasteiger partial charge on any atom is -0.491 e. The average molecular weight is 472 g/mol. The zero-order valence-electron chi connectivity index (χ0n) is 20.1. The van der Waals surface area contributed by atoms with E-state index in [-0.39, 0.29) is 24.9 Å². The summed E-state index contributed by atoms with van der Waals surface area (Å²) in [7, 11) is 0. The Labute approximate surface area is 200 Å². The fourth-order valence-corrected chi connectivity index (χ4v) is 4.46. The monoisotopic (exact) mass is 471 g/mol. The molecule has 7 heteroatoms. The minimum atomic E-state index is -2.55. The highest BCUT2D eigenvalue weighted by atomic mass is 19.3. The van der Waals surface area contributed by atoms with Gasteiger partial charge in [0, 0.05) is 26.1 Å². The molecule has 0 spiro atoms. The third-order valence-corrected chi connectivity index (χ3v) is 7.00. The van der Waals surface area contributed by atoms with E-state index in [0.717, 1.165) is 56.7 Å². The molecule has 1 N–H and O–H groups in total. The number of ether oxygens (including phenoxy) is 1. The van der Waals surface area contributed by atoms with E-state index in [1.807, 2.05) is 19.1 Å². The predicted molar refractivity (Wildman–Crippen MR) is 130 cm³/mol. The Kier molecular flexibility index (Phi) is 7.69. The smallest absolute Gasteiger partial charge is 0.255 e. The average Bonchev–Trinajstić information content (AvgIpc) is 3.22. The summed E-state index contributed by atoms with van der Waals surface area (Å²) in [6, 6.07) is 12.2. The van der Waals surface area contributed by atoms with E-state index in [4.69, 9.17) is 4.74 Å². The second kappa shape index (κ2) is 10.7. The van der Waals surface area contributed by atoms with Gasteiger partial charge >= 0.3 is 0 Å². The van der Waals surface area contributed by atoms with Crippen molar-refractivity contribution in [1.82, 2.24) is 10.3 Å². The number of aromatic nitrogens is 1. The fraction of sp³-hybridized carbons (Fsp3) is 0.556. The van der Waals surface area contributed by atoms with Gasteiger partial charge < -0.3 is 15.0 Å². The Morgan fingerprint density at radius 3 is 2.68 bits per heavy atom. The molecule has 184 valence electrons. The SMILES string of the molecule is CCCNC(=O)C(C)c1ccc(CC[C@@H]2CCN(c3ccc(OCC4CC4(F)F)cn3)C2)cc1.